The van der Waals surface area contributed by atoms with E-state index in [-0.39, 0.29) is 12.5 Å². The van der Waals surface area contributed by atoms with Crippen LogP contribution in [0.5, 0.6) is 0 Å². The first kappa shape index (κ1) is 14.1. The first-order chi connectivity index (χ1) is 9.10. The fraction of sp³-hybridized carbons (Fsp3) is 0.333. The number of anilines is 1. The molecular weight excluding hydrogens is 282 g/mol. The largest absolute Gasteiger partial charge is 0.383 e. The number of nitrogens with two attached hydrogens (primary N) is 1. The van der Waals surface area contributed by atoms with Crippen LogP contribution in [0.4, 0.5) is 5.13 Å². The normalized spacial score (nSPS) is 12.4. The number of thiophene rings is 1. The average Bonchev–Trinajstić information content (AvgIpc) is 2.98. The molecule has 0 aliphatic carbocycles. The van der Waals surface area contributed by atoms with E-state index < -0.39 is 6.04 Å². The predicted octanol–water partition coefficient (Wildman–Crippen LogP) is 2.09. The van der Waals surface area contributed by atoms with Crippen molar-refractivity contribution in [1.82, 2.24) is 4.98 Å². The van der Waals surface area contributed by atoms with Crippen molar-refractivity contribution in [3.8, 4) is 10.6 Å². The summed E-state index contributed by atoms with van der Waals surface area (Å²) in [5, 5.41) is 5.16. The molecule has 0 spiro atoms. The maximum Gasteiger partial charge on any atom is 0.245 e. The van der Waals surface area contributed by atoms with Gasteiger partial charge in [-0.3, -0.25) is 4.79 Å². The topological polar surface area (TPSA) is 77.2 Å². The zero-order chi connectivity index (χ0) is 13.8. The quantitative estimate of drug-likeness (QED) is 0.886. The maximum atomic E-state index is 11.7. The van der Waals surface area contributed by atoms with Crippen LogP contribution in [-0.2, 0) is 9.53 Å². The van der Waals surface area contributed by atoms with Crippen molar-refractivity contribution in [2.75, 3.05) is 19.0 Å². The lowest BCUT2D eigenvalue weighted by atomic mass is 10.3. The van der Waals surface area contributed by atoms with Crippen molar-refractivity contribution in [1.29, 1.82) is 0 Å². The molecule has 0 saturated carbocycles. The van der Waals surface area contributed by atoms with E-state index in [0.717, 1.165) is 10.6 Å². The highest BCUT2D eigenvalue weighted by atomic mass is 32.1. The number of thiazole rings is 1. The first-order valence-electron chi connectivity index (χ1n) is 5.68. The third-order valence-corrected chi connectivity index (χ3v) is 4.19. The number of hydrogen-bond donors (Lipinski definition) is 2. The highest BCUT2D eigenvalue weighted by molar-refractivity contribution is 7.17. The number of methoxy groups -OCH3 is 1. The molecular formula is C12H15N3O2S2. The number of ether oxygens (including phenoxy) is 1. The minimum Gasteiger partial charge on any atom is -0.383 e. The average molecular weight is 297 g/mol. The SMILES string of the molecule is COCC(N)C(=O)Nc1nc(-c2ccc(C)s2)cs1. The number of hydrogen-bond acceptors (Lipinski definition) is 6. The summed E-state index contributed by atoms with van der Waals surface area (Å²) in [6.07, 6.45) is 0. The molecule has 0 aromatic carbocycles. The summed E-state index contributed by atoms with van der Waals surface area (Å²) in [6, 6.07) is 3.39. The molecule has 2 aromatic heterocycles. The Labute approximate surface area is 119 Å². The number of rotatable bonds is 5. The van der Waals surface area contributed by atoms with Crippen LogP contribution in [0.2, 0.25) is 0 Å². The van der Waals surface area contributed by atoms with Gasteiger partial charge in [-0.05, 0) is 19.1 Å². The highest BCUT2D eigenvalue weighted by Gasteiger charge is 2.15. The number of amides is 1. The van der Waals surface area contributed by atoms with Crippen LogP contribution in [0.3, 0.4) is 0 Å². The Hall–Kier alpha value is -1.28. The summed E-state index contributed by atoms with van der Waals surface area (Å²) in [7, 11) is 1.51. The van der Waals surface area contributed by atoms with Gasteiger partial charge in [0.15, 0.2) is 5.13 Å². The first-order valence-corrected chi connectivity index (χ1v) is 7.37. The van der Waals surface area contributed by atoms with Crippen LogP contribution in [0.1, 0.15) is 4.88 Å². The molecule has 2 rings (SSSR count). The summed E-state index contributed by atoms with van der Waals surface area (Å²) >= 11 is 3.06. The maximum absolute atomic E-state index is 11.7. The van der Waals surface area contributed by atoms with E-state index in [1.54, 1.807) is 11.3 Å². The number of carbonyl (C=O) groups is 1. The van der Waals surface area contributed by atoms with Crippen molar-refractivity contribution in [3.63, 3.8) is 0 Å². The molecule has 1 amide bonds. The minimum absolute atomic E-state index is 0.189. The van der Waals surface area contributed by atoms with Crippen LogP contribution in [0, 0.1) is 6.92 Å². The highest BCUT2D eigenvalue weighted by Crippen LogP contribution is 2.30. The molecule has 0 saturated heterocycles. The molecule has 0 radical (unpaired) electrons. The lowest BCUT2D eigenvalue weighted by molar-refractivity contribution is -0.118. The Morgan fingerprint density at radius 3 is 3.00 bits per heavy atom. The lowest BCUT2D eigenvalue weighted by Gasteiger charge is -2.08. The molecule has 0 bridgehead atoms. The van der Waals surface area contributed by atoms with E-state index in [1.807, 2.05) is 24.4 Å². The fourth-order valence-electron chi connectivity index (χ4n) is 1.47. The Kier molecular flexibility index (Phi) is 4.65. The number of carbonyl (C=O) groups excluding carboxylic acids is 1. The van der Waals surface area contributed by atoms with E-state index >= 15 is 0 Å². The second-order valence-electron chi connectivity index (χ2n) is 4.00. The van der Waals surface area contributed by atoms with Crippen LogP contribution in [0.15, 0.2) is 17.5 Å². The van der Waals surface area contributed by atoms with E-state index in [4.69, 9.17) is 10.5 Å². The van der Waals surface area contributed by atoms with Gasteiger partial charge in [0.05, 0.1) is 17.2 Å². The molecule has 7 heteroatoms. The molecule has 0 fully saturated rings. The van der Waals surface area contributed by atoms with Gasteiger partial charge in [-0.15, -0.1) is 22.7 Å². The third kappa shape index (κ3) is 3.60. The molecule has 102 valence electrons. The Bertz CT molecular complexity index is 565. The van der Waals surface area contributed by atoms with E-state index in [9.17, 15) is 4.79 Å². The van der Waals surface area contributed by atoms with Gasteiger partial charge in [0.25, 0.3) is 0 Å². The summed E-state index contributed by atoms with van der Waals surface area (Å²) in [5.74, 6) is -0.287. The zero-order valence-electron chi connectivity index (χ0n) is 10.7. The van der Waals surface area contributed by atoms with Crippen LogP contribution in [0.25, 0.3) is 10.6 Å². The van der Waals surface area contributed by atoms with Crippen LogP contribution in [-0.4, -0.2) is 30.6 Å². The Morgan fingerprint density at radius 1 is 1.58 bits per heavy atom. The summed E-state index contributed by atoms with van der Waals surface area (Å²) in [5.41, 5.74) is 6.51. The van der Waals surface area contributed by atoms with Gasteiger partial charge in [0.1, 0.15) is 6.04 Å². The number of nitrogens with one attached hydrogen (secondary N) is 1. The third-order valence-electron chi connectivity index (χ3n) is 2.41. The molecule has 2 aromatic rings. The molecule has 1 unspecified atom stereocenters. The van der Waals surface area contributed by atoms with Crippen molar-refractivity contribution in [3.05, 3.63) is 22.4 Å². The minimum atomic E-state index is -0.679. The lowest BCUT2D eigenvalue weighted by Crippen LogP contribution is -2.39. The smallest absolute Gasteiger partial charge is 0.245 e. The Morgan fingerprint density at radius 2 is 2.37 bits per heavy atom. The predicted molar refractivity (Wildman–Crippen MR) is 78.6 cm³/mol. The Balaban J connectivity index is 2.03. The van der Waals surface area contributed by atoms with Crippen molar-refractivity contribution in [2.45, 2.75) is 13.0 Å². The second-order valence-corrected chi connectivity index (χ2v) is 6.15. The molecule has 5 nitrogen and oxygen atoms in total. The summed E-state index contributed by atoms with van der Waals surface area (Å²) in [4.78, 5) is 18.4. The van der Waals surface area contributed by atoms with Crippen LogP contribution < -0.4 is 11.1 Å². The molecule has 0 aliphatic heterocycles. The second kappa shape index (κ2) is 6.25. The summed E-state index contributed by atoms with van der Waals surface area (Å²) in [6.45, 7) is 2.24. The van der Waals surface area contributed by atoms with Gasteiger partial charge in [0, 0.05) is 17.4 Å². The van der Waals surface area contributed by atoms with E-state index in [0.29, 0.717) is 5.13 Å². The molecule has 1 atom stereocenters. The summed E-state index contributed by atoms with van der Waals surface area (Å²) < 4.78 is 4.84. The molecule has 2 heterocycles. The van der Waals surface area contributed by atoms with Crippen molar-refractivity contribution >= 4 is 33.7 Å². The van der Waals surface area contributed by atoms with Gasteiger partial charge in [-0.1, -0.05) is 0 Å². The van der Waals surface area contributed by atoms with E-state index in [1.165, 1.54) is 23.3 Å². The molecule has 0 aliphatic rings. The number of aryl methyl sites for hydroxylation is 1. The van der Waals surface area contributed by atoms with Gasteiger partial charge in [-0.2, -0.15) is 0 Å². The zero-order valence-corrected chi connectivity index (χ0v) is 12.3. The van der Waals surface area contributed by atoms with Crippen molar-refractivity contribution in [2.24, 2.45) is 5.73 Å². The molecule has 19 heavy (non-hydrogen) atoms. The number of nitrogens with zero attached hydrogens (tertiary/aromatic N) is 1. The van der Waals surface area contributed by atoms with Gasteiger partial charge in [0.2, 0.25) is 5.91 Å². The van der Waals surface area contributed by atoms with Crippen LogP contribution >= 0.6 is 22.7 Å². The van der Waals surface area contributed by atoms with Gasteiger partial charge < -0.3 is 15.8 Å². The van der Waals surface area contributed by atoms with Gasteiger partial charge >= 0.3 is 0 Å². The standard InChI is InChI=1S/C12H15N3O2S2/c1-7-3-4-10(19-7)9-6-18-12(14-9)15-11(16)8(13)5-17-2/h3-4,6,8H,5,13H2,1-2H3,(H,14,15,16). The van der Waals surface area contributed by atoms with Gasteiger partial charge in [-0.25, -0.2) is 4.98 Å². The monoisotopic (exact) mass is 297 g/mol. The number of aromatic nitrogens is 1. The fourth-order valence-corrected chi connectivity index (χ4v) is 3.09. The van der Waals surface area contributed by atoms with Crippen molar-refractivity contribution < 1.29 is 9.53 Å². The van der Waals surface area contributed by atoms with E-state index in [2.05, 4.69) is 10.3 Å². The molecule has 3 N–H and O–H groups in total.